The maximum atomic E-state index is 13.6. The van der Waals surface area contributed by atoms with Gasteiger partial charge in [-0.2, -0.15) is 0 Å². The molecule has 0 radical (unpaired) electrons. The van der Waals surface area contributed by atoms with Crippen molar-refractivity contribution in [1.82, 2.24) is 4.90 Å². The van der Waals surface area contributed by atoms with Gasteiger partial charge in [-0.05, 0) is 68.4 Å². The van der Waals surface area contributed by atoms with Gasteiger partial charge in [-0.15, -0.1) is 0 Å². The molecule has 3 amide bonds. The number of aliphatic hydroxyl groups excluding tert-OH is 1. The standard InChI is InChI=1S/C28H36N4O6Si/c1-16-25(39(2,3)37)23(14-24(34)32-12-4-5-20(32)15-33)38-28(16)21-13-19(10-11-22(21)31-27(28)36)30-26(35)17-6-8-18(29)9-7-17/h6-11,13,16,20,23,25,33,37H,4-5,12,14-15,29H2,1-3H3,(H,30,35)(H,31,36)/t16-,20+,23+,25-,28+/m1/s1. The first-order valence-corrected chi connectivity index (χ1v) is 16.4. The Bertz CT molecular complexity index is 1300. The van der Waals surface area contributed by atoms with Crippen LogP contribution < -0.4 is 16.4 Å². The SMILES string of the molecule is C[C@@H]1[C@@H]([Si](C)(C)O)[C@H](CC(=O)N2CCC[C@H]2CO)O[C@@]12C(=O)Nc1ccc(NC(=O)c3ccc(N)cc3)cc12. The first kappa shape index (κ1) is 27.3. The van der Waals surface area contributed by atoms with Crippen molar-refractivity contribution >= 4 is 43.1 Å². The number of carbonyl (C=O) groups excluding carboxylic acids is 3. The smallest absolute Gasteiger partial charge is 0.261 e. The lowest BCUT2D eigenvalue weighted by molar-refractivity contribution is -0.148. The van der Waals surface area contributed by atoms with Crippen molar-refractivity contribution < 1.29 is 29.0 Å². The summed E-state index contributed by atoms with van der Waals surface area (Å²) in [6, 6.07) is 11.5. The summed E-state index contributed by atoms with van der Waals surface area (Å²) in [5, 5.41) is 15.5. The van der Waals surface area contributed by atoms with E-state index >= 15 is 0 Å². The Labute approximate surface area is 228 Å². The third kappa shape index (κ3) is 4.73. The summed E-state index contributed by atoms with van der Waals surface area (Å²) in [5.74, 6) is -1.25. The van der Waals surface area contributed by atoms with Gasteiger partial charge in [-0.25, -0.2) is 0 Å². The van der Waals surface area contributed by atoms with Crippen LogP contribution in [0.15, 0.2) is 42.5 Å². The molecule has 0 unspecified atom stereocenters. The first-order chi connectivity index (χ1) is 18.5. The molecule has 1 spiro atoms. The lowest BCUT2D eigenvalue weighted by Crippen LogP contribution is -2.44. The van der Waals surface area contributed by atoms with Crippen LogP contribution in [0.4, 0.5) is 17.1 Å². The highest BCUT2D eigenvalue weighted by molar-refractivity contribution is 6.71. The molecule has 2 saturated heterocycles. The molecule has 2 aromatic rings. The van der Waals surface area contributed by atoms with E-state index in [4.69, 9.17) is 10.5 Å². The largest absolute Gasteiger partial charge is 0.432 e. The van der Waals surface area contributed by atoms with Crippen LogP contribution in [0.3, 0.4) is 0 Å². The number of ether oxygens (including phenoxy) is 1. The van der Waals surface area contributed by atoms with Crippen molar-refractivity contribution in [2.24, 2.45) is 5.92 Å². The molecule has 2 fully saturated rings. The molecule has 0 aliphatic carbocycles. The first-order valence-electron chi connectivity index (χ1n) is 13.4. The van der Waals surface area contributed by atoms with Gasteiger partial charge in [0.2, 0.25) is 5.91 Å². The molecule has 6 N–H and O–H groups in total. The van der Waals surface area contributed by atoms with Gasteiger partial charge in [0.15, 0.2) is 13.9 Å². The quantitative estimate of drug-likeness (QED) is 0.273. The normalized spacial score (nSPS) is 28.0. The number of fused-ring (bicyclic) bond motifs is 2. The van der Waals surface area contributed by atoms with E-state index in [1.807, 2.05) is 6.92 Å². The predicted octanol–water partition coefficient (Wildman–Crippen LogP) is 2.64. The summed E-state index contributed by atoms with van der Waals surface area (Å²) in [6.07, 6.45) is 0.912. The second kappa shape index (κ2) is 10.1. The molecule has 3 aliphatic rings. The molecular weight excluding hydrogens is 516 g/mol. The van der Waals surface area contributed by atoms with Gasteiger partial charge in [0.1, 0.15) is 0 Å². The van der Waals surface area contributed by atoms with E-state index in [1.165, 1.54) is 0 Å². The zero-order valence-electron chi connectivity index (χ0n) is 22.4. The molecule has 0 aromatic heterocycles. The number of anilines is 3. The predicted molar refractivity (Wildman–Crippen MR) is 149 cm³/mol. The number of carbonyl (C=O) groups is 3. The molecule has 39 heavy (non-hydrogen) atoms. The van der Waals surface area contributed by atoms with Crippen LogP contribution in [0, 0.1) is 5.92 Å². The van der Waals surface area contributed by atoms with Gasteiger partial charge in [-0.3, -0.25) is 14.4 Å². The third-order valence-electron chi connectivity index (χ3n) is 8.45. The Morgan fingerprint density at radius 3 is 2.62 bits per heavy atom. The number of amides is 3. The van der Waals surface area contributed by atoms with Gasteiger partial charge >= 0.3 is 0 Å². The van der Waals surface area contributed by atoms with Crippen molar-refractivity contribution in [3.05, 3.63) is 53.6 Å². The highest BCUT2D eigenvalue weighted by atomic mass is 28.4. The summed E-state index contributed by atoms with van der Waals surface area (Å²) in [6.45, 7) is 5.97. The van der Waals surface area contributed by atoms with Crippen molar-refractivity contribution in [2.45, 2.75) is 62.6 Å². The summed E-state index contributed by atoms with van der Waals surface area (Å²) in [5.41, 5.74) is 6.54. The van der Waals surface area contributed by atoms with Gasteiger partial charge < -0.3 is 35.9 Å². The highest BCUT2D eigenvalue weighted by Crippen LogP contribution is 2.58. The number of nitrogens with zero attached hydrogens (tertiary/aromatic N) is 1. The molecular formula is C28H36N4O6Si. The van der Waals surface area contributed by atoms with Crippen molar-refractivity contribution in [3.63, 3.8) is 0 Å². The lowest BCUT2D eigenvalue weighted by Gasteiger charge is -2.32. The van der Waals surface area contributed by atoms with E-state index in [0.717, 1.165) is 12.8 Å². The molecule has 3 heterocycles. The fraction of sp³-hybridized carbons (Fsp3) is 0.464. The number of hydrogen-bond donors (Lipinski definition) is 5. The van der Waals surface area contributed by atoms with E-state index < -0.39 is 31.5 Å². The van der Waals surface area contributed by atoms with Crippen LogP contribution in [-0.4, -0.2) is 66.1 Å². The molecule has 10 nitrogen and oxygen atoms in total. The van der Waals surface area contributed by atoms with Crippen molar-refractivity contribution in [3.8, 4) is 0 Å². The molecule has 3 aliphatic heterocycles. The Morgan fingerprint density at radius 1 is 1.23 bits per heavy atom. The van der Waals surface area contributed by atoms with Crippen LogP contribution in [0.2, 0.25) is 18.6 Å². The minimum absolute atomic E-state index is 0.0143. The van der Waals surface area contributed by atoms with E-state index in [9.17, 15) is 24.3 Å². The number of nitrogens with two attached hydrogens (primary N) is 1. The second-order valence-electron chi connectivity index (χ2n) is 11.4. The van der Waals surface area contributed by atoms with E-state index in [1.54, 1.807) is 60.5 Å². The minimum Gasteiger partial charge on any atom is -0.432 e. The molecule has 5 rings (SSSR count). The third-order valence-corrected chi connectivity index (χ3v) is 11.0. The molecule has 0 saturated carbocycles. The summed E-state index contributed by atoms with van der Waals surface area (Å²) in [4.78, 5) is 52.8. The Hall–Kier alpha value is -3.25. The van der Waals surface area contributed by atoms with Crippen LogP contribution >= 0.6 is 0 Å². The molecule has 5 atom stereocenters. The minimum atomic E-state index is -2.92. The van der Waals surface area contributed by atoms with Crippen LogP contribution in [0.5, 0.6) is 0 Å². The lowest BCUT2D eigenvalue weighted by atomic mass is 9.82. The van der Waals surface area contributed by atoms with E-state index in [0.29, 0.717) is 34.7 Å². The topological polar surface area (TPSA) is 154 Å². The number of benzene rings is 2. The monoisotopic (exact) mass is 552 g/mol. The van der Waals surface area contributed by atoms with Crippen LogP contribution in [0.1, 0.15) is 42.1 Å². The zero-order chi connectivity index (χ0) is 28.1. The Balaban J connectivity index is 1.46. The van der Waals surface area contributed by atoms with E-state index in [-0.39, 0.29) is 36.8 Å². The number of aliphatic hydroxyl groups is 1. The molecule has 2 aromatic carbocycles. The Morgan fingerprint density at radius 2 is 1.95 bits per heavy atom. The Kier molecular flexibility index (Phi) is 7.04. The van der Waals surface area contributed by atoms with Gasteiger partial charge in [0.05, 0.1) is 25.2 Å². The fourth-order valence-corrected chi connectivity index (χ4v) is 9.21. The molecule has 0 bridgehead atoms. The number of nitrogen functional groups attached to an aromatic ring is 1. The number of rotatable bonds is 6. The zero-order valence-corrected chi connectivity index (χ0v) is 23.4. The van der Waals surface area contributed by atoms with Crippen molar-refractivity contribution in [1.29, 1.82) is 0 Å². The van der Waals surface area contributed by atoms with Gasteiger partial charge in [-0.1, -0.05) is 6.92 Å². The summed E-state index contributed by atoms with van der Waals surface area (Å²) in [7, 11) is -2.92. The fourth-order valence-electron chi connectivity index (χ4n) is 6.66. The highest BCUT2D eigenvalue weighted by Gasteiger charge is 2.65. The second-order valence-corrected chi connectivity index (χ2v) is 15.4. The maximum absolute atomic E-state index is 13.6. The molecule has 11 heteroatoms. The number of nitrogens with one attached hydrogen (secondary N) is 2. The van der Waals surface area contributed by atoms with Crippen LogP contribution in [-0.2, 0) is 19.9 Å². The van der Waals surface area contributed by atoms with E-state index in [2.05, 4.69) is 10.6 Å². The summed E-state index contributed by atoms with van der Waals surface area (Å²) >= 11 is 0. The average Bonchev–Trinajstić information content (AvgIpc) is 3.55. The van der Waals surface area contributed by atoms with Gasteiger partial charge in [0, 0.05) is 46.2 Å². The van der Waals surface area contributed by atoms with Gasteiger partial charge in [0.25, 0.3) is 11.8 Å². The number of likely N-dealkylation sites (tertiary alicyclic amines) is 1. The molecule has 208 valence electrons. The van der Waals surface area contributed by atoms with Crippen LogP contribution in [0.25, 0.3) is 0 Å². The number of hydrogen-bond acceptors (Lipinski definition) is 7. The summed E-state index contributed by atoms with van der Waals surface area (Å²) < 4.78 is 6.58. The van der Waals surface area contributed by atoms with Crippen molar-refractivity contribution in [2.75, 3.05) is 29.5 Å². The average molecular weight is 553 g/mol. The maximum Gasteiger partial charge on any atom is 0.261 e.